The predicted octanol–water partition coefficient (Wildman–Crippen LogP) is 1.48. The number of carbonyl (C=O) groups excluding carboxylic acids is 2. The van der Waals surface area contributed by atoms with Crippen LogP contribution in [0.3, 0.4) is 0 Å². The predicted molar refractivity (Wildman–Crippen MR) is 108 cm³/mol. The maximum atomic E-state index is 12.5. The van der Waals surface area contributed by atoms with Gasteiger partial charge in [-0.1, -0.05) is 18.2 Å². The van der Waals surface area contributed by atoms with Crippen molar-refractivity contribution >= 4 is 17.5 Å². The number of carbonyl (C=O) groups is 2. The number of para-hydroxylation sites is 1. The van der Waals surface area contributed by atoms with Crippen LogP contribution in [0.25, 0.3) is 0 Å². The summed E-state index contributed by atoms with van der Waals surface area (Å²) in [5, 5.41) is 2.76. The lowest BCUT2D eigenvalue weighted by Crippen LogP contribution is -2.50. The van der Waals surface area contributed by atoms with Crippen molar-refractivity contribution < 1.29 is 14.0 Å². The number of likely N-dealkylation sites (N-methyl/N-ethyl adjacent to an activating group) is 1. The number of rotatable bonds is 7. The molecule has 150 valence electrons. The molecule has 28 heavy (non-hydrogen) atoms. The van der Waals surface area contributed by atoms with Crippen molar-refractivity contribution in [3.8, 4) is 0 Å². The normalized spacial score (nSPS) is 14.7. The van der Waals surface area contributed by atoms with Crippen molar-refractivity contribution in [2.45, 2.75) is 13.5 Å². The molecule has 0 atom stereocenters. The molecule has 0 bridgehead atoms. The Kier molecular flexibility index (Phi) is 6.71. The van der Waals surface area contributed by atoms with E-state index in [0.717, 1.165) is 26.2 Å². The first-order valence-electron chi connectivity index (χ1n) is 9.59. The third-order valence-electron chi connectivity index (χ3n) is 5.03. The first kappa shape index (κ1) is 19.9. The lowest BCUT2D eigenvalue weighted by atomic mass is 10.1. The molecule has 1 aliphatic rings. The summed E-state index contributed by atoms with van der Waals surface area (Å²) in [6.07, 6.45) is 1.57. The average Bonchev–Trinajstić information content (AvgIpc) is 3.21. The van der Waals surface area contributed by atoms with Crippen LogP contribution in [0.15, 0.2) is 47.1 Å². The van der Waals surface area contributed by atoms with Crippen molar-refractivity contribution in [3.63, 3.8) is 0 Å². The monoisotopic (exact) mass is 384 g/mol. The van der Waals surface area contributed by atoms with Gasteiger partial charge < -0.3 is 19.5 Å². The fourth-order valence-corrected chi connectivity index (χ4v) is 3.34. The van der Waals surface area contributed by atoms with Gasteiger partial charge in [-0.05, 0) is 30.7 Å². The van der Waals surface area contributed by atoms with Gasteiger partial charge in [-0.2, -0.15) is 0 Å². The summed E-state index contributed by atoms with van der Waals surface area (Å²) in [4.78, 5) is 30.5. The molecular weight excluding hydrogens is 356 g/mol. The van der Waals surface area contributed by atoms with Gasteiger partial charge in [0, 0.05) is 38.9 Å². The average molecular weight is 384 g/mol. The zero-order chi connectivity index (χ0) is 19.9. The van der Waals surface area contributed by atoms with E-state index in [4.69, 9.17) is 4.42 Å². The SMILES string of the molecule is Cc1ccccc1N1CCN(CC(=O)N(C)CC(=O)NCc2ccco2)CC1. The standard InChI is InChI=1S/C21H28N4O3/c1-17-6-3-4-8-19(17)25-11-9-24(10-12-25)16-21(27)23(2)15-20(26)22-14-18-7-5-13-28-18/h3-8,13H,9-12,14-16H2,1-2H3,(H,22,26). The summed E-state index contributed by atoms with van der Waals surface area (Å²) in [7, 11) is 1.67. The lowest BCUT2D eigenvalue weighted by Gasteiger charge is -2.37. The van der Waals surface area contributed by atoms with E-state index in [-0.39, 0.29) is 18.4 Å². The Morgan fingerprint density at radius 3 is 2.54 bits per heavy atom. The van der Waals surface area contributed by atoms with Crippen LogP contribution in [-0.4, -0.2) is 67.9 Å². The van der Waals surface area contributed by atoms with Crippen LogP contribution in [0.1, 0.15) is 11.3 Å². The number of amides is 2. The quantitative estimate of drug-likeness (QED) is 0.783. The fourth-order valence-electron chi connectivity index (χ4n) is 3.34. The summed E-state index contributed by atoms with van der Waals surface area (Å²) in [6, 6.07) is 11.9. The number of piperazine rings is 1. The zero-order valence-corrected chi connectivity index (χ0v) is 16.6. The van der Waals surface area contributed by atoms with E-state index in [2.05, 4.69) is 40.2 Å². The Balaban J connectivity index is 1.40. The summed E-state index contributed by atoms with van der Waals surface area (Å²) in [5.74, 6) is 0.447. The maximum Gasteiger partial charge on any atom is 0.239 e. The highest BCUT2D eigenvalue weighted by Gasteiger charge is 2.22. The molecule has 0 radical (unpaired) electrons. The molecule has 1 aromatic heterocycles. The van der Waals surface area contributed by atoms with E-state index in [0.29, 0.717) is 18.8 Å². The highest BCUT2D eigenvalue weighted by molar-refractivity contribution is 5.85. The third kappa shape index (κ3) is 5.36. The van der Waals surface area contributed by atoms with Crippen LogP contribution in [0.2, 0.25) is 0 Å². The van der Waals surface area contributed by atoms with Gasteiger partial charge >= 0.3 is 0 Å². The van der Waals surface area contributed by atoms with Crippen molar-refractivity contribution in [3.05, 3.63) is 54.0 Å². The second-order valence-corrected chi connectivity index (χ2v) is 7.16. The number of nitrogens with zero attached hydrogens (tertiary/aromatic N) is 3. The Labute approximate surface area is 165 Å². The highest BCUT2D eigenvalue weighted by atomic mass is 16.3. The molecule has 0 aliphatic carbocycles. The van der Waals surface area contributed by atoms with Crippen molar-refractivity contribution in [1.82, 2.24) is 15.1 Å². The molecule has 2 aromatic rings. The lowest BCUT2D eigenvalue weighted by molar-refractivity contribution is -0.135. The van der Waals surface area contributed by atoms with Crippen LogP contribution in [-0.2, 0) is 16.1 Å². The molecule has 0 unspecified atom stereocenters. The van der Waals surface area contributed by atoms with Gasteiger partial charge in [-0.25, -0.2) is 0 Å². The Morgan fingerprint density at radius 1 is 1.11 bits per heavy atom. The molecule has 2 heterocycles. The van der Waals surface area contributed by atoms with Gasteiger partial charge in [0.1, 0.15) is 5.76 Å². The van der Waals surface area contributed by atoms with E-state index in [1.54, 1.807) is 25.4 Å². The molecular formula is C21H28N4O3. The first-order chi connectivity index (χ1) is 13.5. The summed E-state index contributed by atoms with van der Waals surface area (Å²) < 4.78 is 5.18. The maximum absolute atomic E-state index is 12.5. The highest BCUT2D eigenvalue weighted by Crippen LogP contribution is 2.20. The van der Waals surface area contributed by atoms with Gasteiger partial charge in [0.2, 0.25) is 11.8 Å². The van der Waals surface area contributed by atoms with E-state index in [1.165, 1.54) is 16.2 Å². The number of furan rings is 1. The topological polar surface area (TPSA) is 69.0 Å². The van der Waals surface area contributed by atoms with Gasteiger partial charge in [-0.3, -0.25) is 14.5 Å². The summed E-state index contributed by atoms with van der Waals surface area (Å²) in [6.45, 7) is 6.28. The van der Waals surface area contributed by atoms with E-state index in [1.807, 2.05) is 6.07 Å². The number of hydrogen-bond donors (Lipinski definition) is 1. The Hall–Kier alpha value is -2.80. The largest absolute Gasteiger partial charge is 0.467 e. The van der Waals surface area contributed by atoms with E-state index < -0.39 is 0 Å². The minimum Gasteiger partial charge on any atom is -0.467 e. The Bertz CT molecular complexity index is 783. The van der Waals surface area contributed by atoms with Crippen LogP contribution in [0.4, 0.5) is 5.69 Å². The molecule has 7 heteroatoms. The van der Waals surface area contributed by atoms with Crippen LogP contribution in [0.5, 0.6) is 0 Å². The number of anilines is 1. The van der Waals surface area contributed by atoms with Gasteiger partial charge in [0.15, 0.2) is 0 Å². The Morgan fingerprint density at radius 2 is 1.86 bits per heavy atom. The van der Waals surface area contributed by atoms with Crippen LogP contribution < -0.4 is 10.2 Å². The second-order valence-electron chi connectivity index (χ2n) is 7.16. The molecule has 1 aliphatic heterocycles. The molecule has 1 saturated heterocycles. The van der Waals surface area contributed by atoms with Crippen LogP contribution in [0, 0.1) is 6.92 Å². The molecule has 3 rings (SSSR count). The molecule has 1 aromatic carbocycles. The van der Waals surface area contributed by atoms with Crippen molar-refractivity contribution in [1.29, 1.82) is 0 Å². The van der Waals surface area contributed by atoms with Crippen molar-refractivity contribution in [2.24, 2.45) is 0 Å². The minimum absolute atomic E-state index is 0.0440. The summed E-state index contributed by atoms with van der Waals surface area (Å²) >= 11 is 0. The molecule has 1 N–H and O–H groups in total. The zero-order valence-electron chi connectivity index (χ0n) is 16.6. The fraction of sp³-hybridized carbons (Fsp3) is 0.429. The van der Waals surface area contributed by atoms with E-state index in [9.17, 15) is 9.59 Å². The summed E-state index contributed by atoms with van der Waals surface area (Å²) in [5.41, 5.74) is 2.53. The number of aryl methyl sites for hydroxylation is 1. The van der Waals surface area contributed by atoms with Gasteiger partial charge in [0.05, 0.1) is 25.9 Å². The van der Waals surface area contributed by atoms with Gasteiger partial charge in [-0.15, -0.1) is 0 Å². The third-order valence-corrected chi connectivity index (χ3v) is 5.03. The smallest absolute Gasteiger partial charge is 0.239 e. The van der Waals surface area contributed by atoms with Crippen LogP contribution >= 0.6 is 0 Å². The number of benzene rings is 1. The second kappa shape index (κ2) is 9.41. The molecule has 2 amide bonds. The molecule has 1 fully saturated rings. The molecule has 7 nitrogen and oxygen atoms in total. The molecule has 0 spiro atoms. The van der Waals surface area contributed by atoms with E-state index >= 15 is 0 Å². The van der Waals surface area contributed by atoms with Crippen molar-refractivity contribution in [2.75, 3.05) is 51.2 Å². The number of hydrogen-bond acceptors (Lipinski definition) is 5. The number of nitrogens with one attached hydrogen (secondary N) is 1. The first-order valence-corrected chi connectivity index (χ1v) is 9.59. The van der Waals surface area contributed by atoms with Gasteiger partial charge in [0.25, 0.3) is 0 Å². The molecule has 0 saturated carbocycles. The minimum atomic E-state index is -0.198.